The van der Waals surface area contributed by atoms with Gasteiger partial charge in [0.05, 0.1) is 6.26 Å². The standard InChI is InChI=1S/C5H10N2O4S/c1-12(9,10)6-11-5(8)7-3-2-4-7/h6H,2-4H2,1H3. The molecule has 0 bridgehead atoms. The quantitative estimate of drug-likeness (QED) is 0.589. The lowest BCUT2D eigenvalue weighted by Crippen LogP contribution is -2.44. The van der Waals surface area contributed by atoms with E-state index in [9.17, 15) is 13.2 Å². The Morgan fingerprint density at radius 1 is 1.50 bits per heavy atom. The van der Waals surface area contributed by atoms with Crippen molar-refractivity contribution in [2.24, 2.45) is 0 Å². The lowest BCUT2D eigenvalue weighted by molar-refractivity contribution is 0.0646. The Labute approximate surface area is 70.5 Å². The van der Waals surface area contributed by atoms with Gasteiger partial charge in [-0.15, -0.1) is 0 Å². The van der Waals surface area contributed by atoms with Crippen molar-refractivity contribution in [3.63, 3.8) is 0 Å². The molecule has 12 heavy (non-hydrogen) atoms. The minimum atomic E-state index is -3.46. The summed E-state index contributed by atoms with van der Waals surface area (Å²) in [6, 6.07) is 0. The maximum atomic E-state index is 10.8. The van der Waals surface area contributed by atoms with Gasteiger partial charge in [0.15, 0.2) is 0 Å². The Balaban J connectivity index is 2.27. The molecule has 0 aromatic heterocycles. The number of hydrogen-bond acceptors (Lipinski definition) is 4. The van der Waals surface area contributed by atoms with Gasteiger partial charge in [-0.25, -0.2) is 13.2 Å². The zero-order valence-electron chi connectivity index (χ0n) is 6.61. The third-order valence-electron chi connectivity index (χ3n) is 1.39. The molecule has 1 saturated heterocycles. The smallest absolute Gasteiger partial charge is 0.338 e. The zero-order valence-corrected chi connectivity index (χ0v) is 7.43. The van der Waals surface area contributed by atoms with Crippen LogP contribution in [-0.4, -0.2) is 38.8 Å². The van der Waals surface area contributed by atoms with Gasteiger partial charge >= 0.3 is 6.09 Å². The Kier molecular flexibility index (Phi) is 2.53. The molecular formula is C5H10N2O4S. The molecule has 6 nitrogen and oxygen atoms in total. The van der Waals surface area contributed by atoms with Gasteiger partial charge < -0.3 is 9.74 Å². The minimum Gasteiger partial charge on any atom is -0.338 e. The summed E-state index contributed by atoms with van der Waals surface area (Å²) in [5, 5.41) is 0. The molecule has 1 rings (SSSR count). The fourth-order valence-corrected chi connectivity index (χ4v) is 0.897. The average Bonchev–Trinajstić information content (AvgIpc) is 1.78. The first-order chi connectivity index (χ1) is 5.49. The SMILES string of the molecule is CS(=O)(=O)NOC(=O)N1CCC1. The topological polar surface area (TPSA) is 75.7 Å². The molecule has 0 radical (unpaired) electrons. The van der Waals surface area contributed by atoms with Crippen molar-refractivity contribution < 1.29 is 18.0 Å². The summed E-state index contributed by atoms with van der Waals surface area (Å²) >= 11 is 0. The second kappa shape index (κ2) is 3.28. The van der Waals surface area contributed by atoms with Crippen molar-refractivity contribution in [1.29, 1.82) is 0 Å². The highest BCUT2D eigenvalue weighted by Gasteiger charge is 2.22. The van der Waals surface area contributed by atoms with E-state index >= 15 is 0 Å². The highest BCUT2D eigenvalue weighted by molar-refractivity contribution is 7.88. The average molecular weight is 194 g/mol. The van der Waals surface area contributed by atoms with E-state index in [-0.39, 0.29) is 0 Å². The van der Waals surface area contributed by atoms with Gasteiger partial charge in [-0.2, -0.15) is 0 Å². The molecule has 0 atom stereocenters. The Hall–Kier alpha value is -0.820. The summed E-state index contributed by atoms with van der Waals surface area (Å²) in [6.45, 7) is 1.26. The van der Waals surface area contributed by atoms with Crippen LogP contribution in [0.2, 0.25) is 0 Å². The molecule has 0 saturated carbocycles. The molecule has 1 aliphatic heterocycles. The lowest BCUT2D eigenvalue weighted by atomic mass is 10.2. The molecule has 0 aromatic rings. The second-order valence-corrected chi connectivity index (χ2v) is 4.28. The first-order valence-electron chi connectivity index (χ1n) is 3.41. The van der Waals surface area contributed by atoms with Crippen LogP contribution in [0, 0.1) is 0 Å². The molecule has 7 heteroatoms. The summed E-state index contributed by atoms with van der Waals surface area (Å²) in [7, 11) is -3.46. The molecule has 0 aliphatic carbocycles. The molecular weight excluding hydrogens is 184 g/mol. The number of amides is 1. The van der Waals surface area contributed by atoms with E-state index in [1.54, 1.807) is 4.89 Å². The monoisotopic (exact) mass is 194 g/mol. The molecule has 70 valence electrons. The van der Waals surface area contributed by atoms with Crippen molar-refractivity contribution in [3.05, 3.63) is 0 Å². The predicted molar refractivity (Wildman–Crippen MR) is 40.7 cm³/mol. The maximum absolute atomic E-state index is 10.8. The van der Waals surface area contributed by atoms with Crippen molar-refractivity contribution in [2.45, 2.75) is 6.42 Å². The third-order valence-corrected chi connectivity index (χ3v) is 1.78. The summed E-state index contributed by atoms with van der Waals surface area (Å²) in [4.78, 5) is 18.2. The molecule has 1 aliphatic rings. The second-order valence-electron chi connectivity index (χ2n) is 2.56. The molecule has 1 fully saturated rings. The lowest BCUT2D eigenvalue weighted by Gasteiger charge is -2.28. The highest BCUT2D eigenvalue weighted by Crippen LogP contribution is 2.06. The molecule has 0 aromatic carbocycles. The van der Waals surface area contributed by atoms with E-state index in [4.69, 9.17) is 0 Å². The largest absolute Gasteiger partial charge is 0.429 e. The maximum Gasteiger partial charge on any atom is 0.429 e. The van der Waals surface area contributed by atoms with Crippen molar-refractivity contribution >= 4 is 16.1 Å². The van der Waals surface area contributed by atoms with Crippen LogP contribution in [0.25, 0.3) is 0 Å². The van der Waals surface area contributed by atoms with E-state index in [1.165, 1.54) is 4.90 Å². The number of carbonyl (C=O) groups excluding carboxylic acids is 1. The van der Waals surface area contributed by atoms with Crippen molar-refractivity contribution in [1.82, 2.24) is 9.79 Å². The fraction of sp³-hybridized carbons (Fsp3) is 0.800. The van der Waals surface area contributed by atoms with Gasteiger partial charge in [0.2, 0.25) is 10.0 Å². The van der Waals surface area contributed by atoms with Gasteiger partial charge in [0.25, 0.3) is 0 Å². The highest BCUT2D eigenvalue weighted by atomic mass is 32.2. The number of nitrogens with zero attached hydrogens (tertiary/aromatic N) is 1. The Bertz CT molecular complexity index is 269. The summed E-state index contributed by atoms with van der Waals surface area (Å²) in [5.41, 5.74) is 0. The van der Waals surface area contributed by atoms with Crippen LogP contribution >= 0.6 is 0 Å². The Morgan fingerprint density at radius 2 is 2.08 bits per heavy atom. The van der Waals surface area contributed by atoms with Crippen LogP contribution in [0.1, 0.15) is 6.42 Å². The van der Waals surface area contributed by atoms with Gasteiger partial charge in [-0.05, 0) is 11.3 Å². The van der Waals surface area contributed by atoms with Crippen LogP contribution < -0.4 is 4.89 Å². The number of nitrogens with one attached hydrogen (secondary N) is 1. The van der Waals surface area contributed by atoms with Crippen LogP contribution in [0.15, 0.2) is 0 Å². The van der Waals surface area contributed by atoms with E-state index < -0.39 is 16.1 Å². The molecule has 0 spiro atoms. The van der Waals surface area contributed by atoms with Gasteiger partial charge in [-0.3, -0.25) is 0 Å². The van der Waals surface area contributed by atoms with Crippen LogP contribution in [0.3, 0.4) is 0 Å². The fourth-order valence-electron chi connectivity index (χ4n) is 0.675. The first kappa shape index (κ1) is 9.27. The molecule has 1 N–H and O–H groups in total. The van der Waals surface area contributed by atoms with E-state index in [0.717, 1.165) is 12.7 Å². The normalized spacial score (nSPS) is 16.9. The minimum absolute atomic E-state index is 0.629. The van der Waals surface area contributed by atoms with Gasteiger partial charge in [-0.1, -0.05) is 0 Å². The zero-order chi connectivity index (χ0) is 9.19. The van der Waals surface area contributed by atoms with E-state index in [0.29, 0.717) is 13.1 Å². The summed E-state index contributed by atoms with van der Waals surface area (Å²) in [6.07, 6.45) is 1.20. The summed E-state index contributed by atoms with van der Waals surface area (Å²) < 4.78 is 20.9. The van der Waals surface area contributed by atoms with Crippen LogP contribution in [0.5, 0.6) is 0 Å². The molecule has 0 unspecified atom stereocenters. The Morgan fingerprint density at radius 3 is 2.42 bits per heavy atom. The van der Waals surface area contributed by atoms with E-state index in [1.807, 2.05) is 0 Å². The molecule has 1 heterocycles. The van der Waals surface area contributed by atoms with Crippen LogP contribution in [-0.2, 0) is 14.9 Å². The first-order valence-corrected chi connectivity index (χ1v) is 5.31. The van der Waals surface area contributed by atoms with Gasteiger partial charge in [0.1, 0.15) is 0 Å². The van der Waals surface area contributed by atoms with E-state index in [2.05, 4.69) is 4.84 Å². The number of sulfonamides is 1. The number of carbonyl (C=O) groups is 1. The van der Waals surface area contributed by atoms with Crippen molar-refractivity contribution in [3.8, 4) is 0 Å². The number of rotatable bonds is 2. The predicted octanol–water partition coefficient (Wildman–Crippen LogP) is -0.707. The third kappa shape index (κ3) is 2.67. The van der Waals surface area contributed by atoms with Gasteiger partial charge in [0, 0.05) is 13.1 Å². The molecule has 1 amide bonds. The van der Waals surface area contributed by atoms with Crippen molar-refractivity contribution in [2.75, 3.05) is 19.3 Å². The van der Waals surface area contributed by atoms with Crippen LogP contribution in [0.4, 0.5) is 4.79 Å². The number of likely N-dealkylation sites (tertiary alicyclic amines) is 1. The summed E-state index contributed by atoms with van der Waals surface area (Å²) in [5.74, 6) is 0. The number of hydrogen-bond donors (Lipinski definition) is 1.